The molecule has 0 radical (unpaired) electrons. The maximum Gasteiger partial charge on any atom is 0.275 e. The van der Waals surface area contributed by atoms with Gasteiger partial charge in [-0.3, -0.25) is 9.59 Å². The highest BCUT2D eigenvalue weighted by molar-refractivity contribution is 5.84. The van der Waals surface area contributed by atoms with Crippen molar-refractivity contribution in [2.45, 2.75) is 32.4 Å². The van der Waals surface area contributed by atoms with Gasteiger partial charge >= 0.3 is 0 Å². The summed E-state index contributed by atoms with van der Waals surface area (Å²) in [4.78, 5) is 24.7. The number of hydrogen-bond donors (Lipinski definition) is 3. The first-order valence-electron chi connectivity index (χ1n) is 8.13. The molecule has 1 unspecified atom stereocenters. The first-order chi connectivity index (χ1) is 11.1. The first kappa shape index (κ1) is 17.3. The van der Waals surface area contributed by atoms with Crippen molar-refractivity contribution >= 4 is 11.8 Å². The topological polar surface area (TPSA) is 71.9 Å². The smallest absolute Gasteiger partial charge is 0.275 e. The van der Waals surface area contributed by atoms with Gasteiger partial charge in [0.25, 0.3) is 5.91 Å². The summed E-state index contributed by atoms with van der Waals surface area (Å²) in [6.07, 6.45) is 2.32. The highest BCUT2D eigenvalue weighted by Crippen LogP contribution is 2.16. The third kappa shape index (κ3) is 5.90. The Morgan fingerprint density at radius 3 is 2.43 bits per heavy atom. The first-order valence-corrected chi connectivity index (χ1v) is 8.13. The lowest BCUT2D eigenvalue weighted by molar-refractivity contribution is -0.917. The van der Waals surface area contributed by atoms with Gasteiger partial charge in [0, 0.05) is 24.9 Å². The van der Waals surface area contributed by atoms with E-state index in [-0.39, 0.29) is 18.4 Å². The van der Waals surface area contributed by atoms with Crippen LogP contribution in [0, 0.1) is 0 Å². The minimum absolute atomic E-state index is 0.0488. The van der Waals surface area contributed by atoms with E-state index in [1.54, 1.807) is 7.11 Å². The fourth-order valence-corrected chi connectivity index (χ4v) is 2.56. The summed E-state index contributed by atoms with van der Waals surface area (Å²) in [5, 5.41) is 5.36. The molecule has 1 saturated carbocycles. The Morgan fingerprint density at radius 2 is 1.87 bits per heavy atom. The van der Waals surface area contributed by atoms with Crippen LogP contribution in [0.15, 0.2) is 24.3 Å². The molecule has 0 saturated heterocycles. The highest BCUT2D eigenvalue weighted by atomic mass is 16.5. The number of quaternary nitrogens is 1. The third-order valence-electron chi connectivity index (χ3n) is 3.95. The second-order valence-corrected chi connectivity index (χ2v) is 5.86. The zero-order valence-corrected chi connectivity index (χ0v) is 13.9. The molecule has 6 heteroatoms. The van der Waals surface area contributed by atoms with Crippen LogP contribution in [0.1, 0.15) is 25.3 Å². The Hall–Kier alpha value is -2.08. The highest BCUT2D eigenvalue weighted by Gasteiger charge is 2.34. The van der Waals surface area contributed by atoms with E-state index in [0.717, 1.165) is 25.1 Å². The molecule has 1 aliphatic rings. The minimum Gasteiger partial charge on any atom is -0.497 e. The van der Waals surface area contributed by atoms with Crippen LogP contribution in [-0.4, -0.2) is 44.6 Å². The lowest BCUT2D eigenvalue weighted by Crippen LogP contribution is -3.13. The maximum atomic E-state index is 12.1. The van der Waals surface area contributed by atoms with Gasteiger partial charge in [0.15, 0.2) is 6.54 Å². The second kappa shape index (κ2) is 8.53. The van der Waals surface area contributed by atoms with Crippen LogP contribution in [0.25, 0.3) is 0 Å². The van der Waals surface area contributed by atoms with Crippen LogP contribution in [0.4, 0.5) is 0 Å². The van der Waals surface area contributed by atoms with Crippen LogP contribution < -0.4 is 20.3 Å². The van der Waals surface area contributed by atoms with Crippen molar-refractivity contribution in [3.05, 3.63) is 29.8 Å². The summed E-state index contributed by atoms with van der Waals surface area (Å²) < 4.78 is 5.16. The van der Waals surface area contributed by atoms with Crippen LogP contribution in [0.5, 0.6) is 5.75 Å². The van der Waals surface area contributed by atoms with Crippen LogP contribution in [0.2, 0.25) is 0 Å². The van der Waals surface area contributed by atoms with Crippen LogP contribution in [-0.2, 0) is 16.1 Å². The predicted octanol–water partition coefficient (Wildman–Crippen LogP) is -0.505. The Kier molecular flexibility index (Phi) is 6.40. The van der Waals surface area contributed by atoms with E-state index in [1.807, 2.05) is 31.2 Å². The summed E-state index contributed by atoms with van der Waals surface area (Å²) in [6, 6.07) is 8.50. The lowest BCUT2D eigenvalue weighted by Gasteiger charge is -2.19. The van der Waals surface area contributed by atoms with Gasteiger partial charge in [-0.25, -0.2) is 0 Å². The average molecular weight is 320 g/mol. The Balaban J connectivity index is 1.83. The van der Waals surface area contributed by atoms with Crippen molar-refractivity contribution in [1.29, 1.82) is 0 Å². The van der Waals surface area contributed by atoms with E-state index < -0.39 is 0 Å². The van der Waals surface area contributed by atoms with E-state index >= 15 is 0 Å². The van der Waals surface area contributed by atoms with E-state index in [2.05, 4.69) is 10.6 Å². The number of nitrogens with one attached hydrogen (secondary N) is 3. The number of carbonyl (C=O) groups is 2. The molecule has 0 aliphatic heterocycles. The summed E-state index contributed by atoms with van der Waals surface area (Å²) >= 11 is 0. The van der Waals surface area contributed by atoms with Crippen LogP contribution in [0.3, 0.4) is 0 Å². The molecule has 0 aromatic heterocycles. The van der Waals surface area contributed by atoms with Crippen molar-refractivity contribution in [1.82, 2.24) is 10.6 Å². The van der Waals surface area contributed by atoms with E-state index in [9.17, 15) is 9.59 Å². The molecule has 3 N–H and O–H groups in total. The Morgan fingerprint density at radius 1 is 1.17 bits per heavy atom. The molecule has 1 aromatic rings. The van der Waals surface area contributed by atoms with Crippen LogP contribution >= 0.6 is 0 Å². The Labute approximate surface area is 137 Å². The van der Waals surface area contributed by atoms with Gasteiger partial charge in [0.05, 0.1) is 19.7 Å². The van der Waals surface area contributed by atoms with Gasteiger partial charge in [-0.1, -0.05) is 0 Å². The van der Waals surface area contributed by atoms with Gasteiger partial charge in [0.1, 0.15) is 12.3 Å². The van der Waals surface area contributed by atoms with Crippen molar-refractivity contribution in [3.63, 3.8) is 0 Å². The molecule has 1 atom stereocenters. The summed E-state index contributed by atoms with van der Waals surface area (Å²) in [5.41, 5.74) is 1.18. The zero-order valence-electron chi connectivity index (χ0n) is 13.9. The molecule has 0 heterocycles. The number of benzene rings is 1. The summed E-state index contributed by atoms with van der Waals surface area (Å²) in [5.74, 6) is 0.608. The predicted molar refractivity (Wildman–Crippen MR) is 87.2 cm³/mol. The fraction of sp³-hybridized carbons (Fsp3) is 0.529. The molecule has 1 aliphatic carbocycles. The van der Waals surface area contributed by atoms with Gasteiger partial charge in [-0.2, -0.15) is 0 Å². The minimum atomic E-state index is -0.149. The molecular formula is C17H26N3O3+. The largest absolute Gasteiger partial charge is 0.497 e. The quantitative estimate of drug-likeness (QED) is 0.574. The Bertz CT molecular complexity index is 526. The van der Waals surface area contributed by atoms with E-state index in [4.69, 9.17) is 4.74 Å². The summed E-state index contributed by atoms with van der Waals surface area (Å²) in [7, 11) is 1.65. The molecule has 0 bridgehead atoms. The number of methoxy groups -OCH3 is 1. The van der Waals surface area contributed by atoms with Gasteiger partial charge in [-0.05, 0) is 31.2 Å². The van der Waals surface area contributed by atoms with Gasteiger partial charge in [0.2, 0.25) is 5.91 Å². The molecule has 1 aromatic carbocycles. The lowest BCUT2D eigenvalue weighted by atomic mass is 10.2. The third-order valence-corrected chi connectivity index (χ3v) is 3.95. The number of carbonyl (C=O) groups excluding carboxylic acids is 2. The zero-order chi connectivity index (χ0) is 16.7. The SMILES string of the molecule is CCNC(=O)CNC(=O)C[NH+](Cc1ccc(OC)cc1)C1CC1. The van der Waals surface area contributed by atoms with Crippen molar-refractivity contribution in [2.75, 3.05) is 26.7 Å². The second-order valence-electron chi connectivity index (χ2n) is 5.86. The fourth-order valence-electron chi connectivity index (χ4n) is 2.56. The van der Waals surface area contributed by atoms with E-state index in [0.29, 0.717) is 19.1 Å². The van der Waals surface area contributed by atoms with Crippen molar-refractivity contribution < 1.29 is 19.2 Å². The number of likely N-dealkylation sites (N-methyl/N-ethyl adjacent to an activating group) is 1. The molecule has 0 spiro atoms. The van der Waals surface area contributed by atoms with Gasteiger partial charge in [-0.15, -0.1) is 0 Å². The molecule has 2 amide bonds. The molecule has 2 rings (SSSR count). The molecule has 126 valence electrons. The summed E-state index contributed by atoms with van der Waals surface area (Å²) in [6.45, 7) is 3.69. The number of hydrogen-bond acceptors (Lipinski definition) is 3. The van der Waals surface area contributed by atoms with Crippen molar-refractivity contribution in [3.8, 4) is 5.75 Å². The monoisotopic (exact) mass is 320 g/mol. The number of ether oxygens (including phenoxy) is 1. The number of amides is 2. The molecular weight excluding hydrogens is 294 g/mol. The molecule has 23 heavy (non-hydrogen) atoms. The molecule has 1 fully saturated rings. The maximum absolute atomic E-state index is 12.1. The van der Waals surface area contributed by atoms with Gasteiger partial charge < -0.3 is 20.3 Å². The van der Waals surface area contributed by atoms with Crippen molar-refractivity contribution in [2.24, 2.45) is 0 Å². The number of rotatable bonds is 9. The van der Waals surface area contributed by atoms with E-state index in [1.165, 1.54) is 10.5 Å². The normalized spacial score (nSPS) is 14.9. The molecule has 6 nitrogen and oxygen atoms in total. The standard InChI is InChI=1S/C17H25N3O3/c1-3-18-16(21)10-19-17(22)12-20(14-6-7-14)11-13-4-8-15(23-2)9-5-13/h4-5,8-9,14H,3,6-7,10-12H2,1-2H3,(H,18,21)(H,19,22)/p+1. The average Bonchev–Trinajstić information content (AvgIpc) is 3.38.